The zero-order valence-electron chi connectivity index (χ0n) is 16.8. The molecular formula is C23H17Cl2N3O4. The maximum absolute atomic E-state index is 12.2. The summed E-state index contributed by atoms with van der Waals surface area (Å²) in [5, 5.41) is 6.88. The summed E-state index contributed by atoms with van der Waals surface area (Å²) in [6.07, 6.45) is 1.35. The van der Waals surface area contributed by atoms with Crippen molar-refractivity contribution < 1.29 is 19.1 Å². The molecule has 0 heterocycles. The fraction of sp³-hybridized carbons (Fsp3) is 0.0435. The molecule has 3 aromatic carbocycles. The van der Waals surface area contributed by atoms with Crippen molar-refractivity contribution in [3.05, 3.63) is 93.5 Å². The number of anilines is 1. The van der Waals surface area contributed by atoms with Gasteiger partial charge in [-0.3, -0.25) is 9.59 Å². The van der Waals surface area contributed by atoms with Crippen LogP contribution in [-0.4, -0.2) is 24.0 Å². The number of carbonyl (C=O) groups excluding carboxylic acids is 3. The van der Waals surface area contributed by atoms with Gasteiger partial charge in [0.05, 0.1) is 16.8 Å². The average Bonchev–Trinajstić information content (AvgIpc) is 2.76. The Labute approximate surface area is 194 Å². The Morgan fingerprint density at radius 2 is 1.66 bits per heavy atom. The van der Waals surface area contributed by atoms with E-state index in [-0.39, 0.29) is 10.6 Å². The molecule has 0 radical (unpaired) electrons. The summed E-state index contributed by atoms with van der Waals surface area (Å²) in [7, 11) is 0. The third-order valence-electron chi connectivity index (χ3n) is 4.22. The fourth-order valence-electron chi connectivity index (χ4n) is 2.55. The van der Waals surface area contributed by atoms with E-state index in [1.54, 1.807) is 42.5 Å². The summed E-state index contributed by atoms with van der Waals surface area (Å²) in [6, 6.07) is 17.9. The second-order valence-electron chi connectivity index (χ2n) is 6.55. The SMILES string of the molecule is Cc1ccccc1NC(=O)C(=O)N/N=C/c1ccc(OC(=O)c2ccc(Cl)cc2Cl)cc1. The molecule has 0 saturated carbocycles. The van der Waals surface area contributed by atoms with E-state index in [1.807, 2.05) is 19.1 Å². The van der Waals surface area contributed by atoms with Crippen molar-refractivity contribution in [2.24, 2.45) is 5.10 Å². The van der Waals surface area contributed by atoms with Crippen molar-refractivity contribution in [3.8, 4) is 5.75 Å². The maximum atomic E-state index is 12.2. The molecule has 0 fully saturated rings. The van der Waals surface area contributed by atoms with Crippen molar-refractivity contribution in [3.63, 3.8) is 0 Å². The van der Waals surface area contributed by atoms with E-state index in [4.69, 9.17) is 27.9 Å². The van der Waals surface area contributed by atoms with E-state index in [0.717, 1.165) is 5.56 Å². The van der Waals surface area contributed by atoms with Crippen LogP contribution in [0.25, 0.3) is 0 Å². The molecular weight excluding hydrogens is 453 g/mol. The summed E-state index contributed by atoms with van der Waals surface area (Å²) in [4.78, 5) is 36.1. The van der Waals surface area contributed by atoms with Crippen molar-refractivity contribution in [1.29, 1.82) is 0 Å². The molecule has 9 heteroatoms. The topological polar surface area (TPSA) is 96.9 Å². The van der Waals surface area contributed by atoms with Gasteiger partial charge < -0.3 is 10.1 Å². The Morgan fingerprint density at radius 3 is 2.34 bits per heavy atom. The number of rotatable bonds is 5. The van der Waals surface area contributed by atoms with Crippen molar-refractivity contribution in [2.45, 2.75) is 6.92 Å². The largest absolute Gasteiger partial charge is 0.423 e. The molecule has 0 aliphatic carbocycles. The normalized spacial score (nSPS) is 10.6. The number of hydrazone groups is 1. The van der Waals surface area contributed by atoms with Gasteiger partial charge in [0.15, 0.2) is 0 Å². The number of nitrogens with zero attached hydrogens (tertiary/aromatic N) is 1. The van der Waals surface area contributed by atoms with E-state index in [9.17, 15) is 14.4 Å². The number of aryl methyl sites for hydroxylation is 1. The van der Waals surface area contributed by atoms with Crippen LogP contribution in [0, 0.1) is 6.92 Å². The smallest absolute Gasteiger partial charge is 0.345 e. The molecule has 2 N–H and O–H groups in total. The van der Waals surface area contributed by atoms with Gasteiger partial charge in [-0.2, -0.15) is 5.10 Å². The second-order valence-corrected chi connectivity index (χ2v) is 7.39. The van der Waals surface area contributed by atoms with E-state index >= 15 is 0 Å². The minimum atomic E-state index is -0.908. The number of benzene rings is 3. The molecule has 2 amide bonds. The lowest BCUT2D eigenvalue weighted by molar-refractivity contribution is -0.136. The Balaban J connectivity index is 1.53. The highest BCUT2D eigenvalue weighted by Crippen LogP contribution is 2.23. The molecule has 0 aromatic heterocycles. The number of esters is 1. The Morgan fingerprint density at radius 1 is 0.938 bits per heavy atom. The Bertz CT molecular complexity index is 1190. The number of nitrogens with one attached hydrogen (secondary N) is 2. The summed E-state index contributed by atoms with van der Waals surface area (Å²) in [5.74, 6) is -2.07. The van der Waals surface area contributed by atoms with Crippen LogP contribution < -0.4 is 15.5 Å². The predicted molar refractivity (Wildman–Crippen MR) is 123 cm³/mol. The Hall–Kier alpha value is -3.68. The average molecular weight is 470 g/mol. The molecule has 0 aliphatic heterocycles. The van der Waals surface area contributed by atoms with Gasteiger partial charge in [0.25, 0.3) is 0 Å². The van der Waals surface area contributed by atoms with Crippen LogP contribution in [0.15, 0.2) is 71.8 Å². The summed E-state index contributed by atoms with van der Waals surface area (Å²) in [6.45, 7) is 1.82. The van der Waals surface area contributed by atoms with Crippen LogP contribution in [0.4, 0.5) is 5.69 Å². The predicted octanol–water partition coefficient (Wildman–Crippen LogP) is 4.61. The first-order valence-electron chi connectivity index (χ1n) is 9.31. The highest BCUT2D eigenvalue weighted by atomic mass is 35.5. The zero-order valence-corrected chi connectivity index (χ0v) is 18.3. The van der Waals surface area contributed by atoms with Crippen LogP contribution in [-0.2, 0) is 9.59 Å². The fourth-order valence-corrected chi connectivity index (χ4v) is 3.03. The van der Waals surface area contributed by atoms with Gasteiger partial charge in [0.1, 0.15) is 5.75 Å². The molecule has 0 unspecified atom stereocenters. The standard InChI is InChI=1S/C23H17Cl2N3O4/c1-14-4-2-3-5-20(14)27-21(29)22(30)28-26-13-15-6-9-17(10-7-15)32-23(31)18-11-8-16(24)12-19(18)25/h2-13H,1H3,(H,27,29)(H,28,30)/b26-13+. The first-order chi connectivity index (χ1) is 15.3. The van der Waals surface area contributed by atoms with Crippen molar-refractivity contribution in [1.82, 2.24) is 5.43 Å². The summed E-state index contributed by atoms with van der Waals surface area (Å²) < 4.78 is 5.28. The first-order valence-corrected chi connectivity index (χ1v) is 10.1. The highest BCUT2D eigenvalue weighted by molar-refractivity contribution is 6.39. The van der Waals surface area contributed by atoms with E-state index in [2.05, 4.69) is 15.8 Å². The quantitative estimate of drug-likeness (QED) is 0.187. The molecule has 0 spiro atoms. The number of carbonyl (C=O) groups is 3. The number of hydrogen-bond donors (Lipinski definition) is 2. The summed E-state index contributed by atoms with van der Waals surface area (Å²) in [5.41, 5.74) is 4.32. The van der Waals surface area contributed by atoms with Gasteiger partial charge in [-0.05, 0) is 66.6 Å². The molecule has 0 aliphatic rings. The number of ether oxygens (including phenoxy) is 1. The van der Waals surface area contributed by atoms with Crippen LogP contribution in [0.2, 0.25) is 10.0 Å². The molecule has 0 atom stereocenters. The monoisotopic (exact) mass is 469 g/mol. The van der Waals surface area contributed by atoms with Gasteiger partial charge in [-0.25, -0.2) is 10.2 Å². The highest BCUT2D eigenvalue weighted by Gasteiger charge is 2.14. The Kier molecular flexibility index (Phi) is 7.59. The number of amides is 2. The lowest BCUT2D eigenvalue weighted by atomic mass is 10.2. The molecule has 32 heavy (non-hydrogen) atoms. The zero-order chi connectivity index (χ0) is 23.1. The number of hydrogen-bond acceptors (Lipinski definition) is 5. The molecule has 3 rings (SSSR count). The lowest BCUT2D eigenvalue weighted by Crippen LogP contribution is -2.32. The number of para-hydroxylation sites is 1. The van der Waals surface area contributed by atoms with Gasteiger partial charge in [0.2, 0.25) is 0 Å². The van der Waals surface area contributed by atoms with Gasteiger partial charge in [-0.15, -0.1) is 0 Å². The molecule has 0 saturated heterocycles. The van der Waals surface area contributed by atoms with E-state index in [1.165, 1.54) is 18.3 Å². The second kappa shape index (κ2) is 10.6. The molecule has 0 bridgehead atoms. The lowest BCUT2D eigenvalue weighted by Gasteiger charge is -2.07. The number of halogens is 2. The first kappa shape index (κ1) is 23.0. The van der Waals surface area contributed by atoms with E-state index in [0.29, 0.717) is 22.0 Å². The van der Waals surface area contributed by atoms with Gasteiger partial charge >= 0.3 is 17.8 Å². The minimum absolute atomic E-state index is 0.188. The van der Waals surface area contributed by atoms with Crippen LogP contribution in [0.3, 0.4) is 0 Å². The van der Waals surface area contributed by atoms with Gasteiger partial charge in [0, 0.05) is 10.7 Å². The molecule has 7 nitrogen and oxygen atoms in total. The maximum Gasteiger partial charge on any atom is 0.345 e. The third kappa shape index (κ3) is 6.16. The van der Waals surface area contributed by atoms with Crippen molar-refractivity contribution in [2.75, 3.05) is 5.32 Å². The van der Waals surface area contributed by atoms with Crippen LogP contribution in [0.5, 0.6) is 5.75 Å². The molecule has 3 aromatic rings. The van der Waals surface area contributed by atoms with Crippen LogP contribution in [0.1, 0.15) is 21.5 Å². The van der Waals surface area contributed by atoms with Crippen LogP contribution >= 0.6 is 23.2 Å². The minimum Gasteiger partial charge on any atom is -0.423 e. The molecule has 162 valence electrons. The van der Waals surface area contributed by atoms with Crippen molar-refractivity contribution >= 4 is 52.9 Å². The summed E-state index contributed by atoms with van der Waals surface area (Å²) >= 11 is 11.8. The van der Waals surface area contributed by atoms with E-state index < -0.39 is 17.8 Å². The third-order valence-corrected chi connectivity index (χ3v) is 4.77. The van der Waals surface area contributed by atoms with Gasteiger partial charge in [-0.1, -0.05) is 41.4 Å².